The highest BCUT2D eigenvalue weighted by atomic mass is 16.5. The minimum atomic E-state index is -0.693. The predicted molar refractivity (Wildman–Crippen MR) is 64.5 cm³/mol. The van der Waals surface area contributed by atoms with Crippen molar-refractivity contribution in [2.75, 3.05) is 13.7 Å². The normalized spacial score (nSPS) is 10.4. The Morgan fingerprint density at radius 3 is 3.06 bits per heavy atom. The van der Waals surface area contributed by atoms with Gasteiger partial charge in [-0.25, -0.2) is 9.78 Å². The molecule has 1 rings (SSSR count). The number of rotatable bonds is 5. The van der Waals surface area contributed by atoms with E-state index in [4.69, 9.17) is 15.0 Å². The molecule has 0 aliphatic rings. The summed E-state index contributed by atoms with van der Waals surface area (Å²) < 4.78 is 9.79. The second-order valence-electron chi connectivity index (χ2n) is 3.04. The Morgan fingerprint density at radius 2 is 2.44 bits per heavy atom. The van der Waals surface area contributed by atoms with Gasteiger partial charge in [0.15, 0.2) is 0 Å². The molecule has 0 spiro atoms. The van der Waals surface area contributed by atoms with Crippen LogP contribution < -0.4 is 4.74 Å². The molecule has 1 aromatic rings. The van der Waals surface area contributed by atoms with Gasteiger partial charge < -0.3 is 9.47 Å². The van der Waals surface area contributed by atoms with Gasteiger partial charge in [0.2, 0.25) is 5.88 Å². The molecule has 94 valence electrons. The van der Waals surface area contributed by atoms with Gasteiger partial charge in [-0.05, 0) is 30.7 Å². The standard InChI is InChI=1S/C11H12N4O3/c1-3-18-11(16)9(14-15-12)7-8-5-4-6-13-10(8)17-2/h4-7H,3H2,1-2H3/b9-7-. The molecule has 1 heterocycles. The second kappa shape index (κ2) is 6.93. The van der Waals surface area contributed by atoms with Crippen molar-refractivity contribution >= 4 is 12.0 Å². The smallest absolute Gasteiger partial charge is 0.340 e. The van der Waals surface area contributed by atoms with Gasteiger partial charge in [0, 0.05) is 16.7 Å². The lowest BCUT2D eigenvalue weighted by molar-refractivity contribution is -0.138. The second-order valence-corrected chi connectivity index (χ2v) is 3.04. The quantitative estimate of drug-likeness (QED) is 0.262. The summed E-state index contributed by atoms with van der Waals surface area (Å²) in [6.45, 7) is 1.86. The average Bonchev–Trinajstić information content (AvgIpc) is 2.39. The van der Waals surface area contributed by atoms with E-state index in [0.717, 1.165) is 0 Å². The van der Waals surface area contributed by atoms with Gasteiger partial charge in [-0.15, -0.1) is 0 Å². The van der Waals surface area contributed by atoms with Crippen molar-refractivity contribution in [3.8, 4) is 5.88 Å². The highest BCUT2D eigenvalue weighted by Crippen LogP contribution is 2.18. The topological polar surface area (TPSA) is 97.2 Å². The summed E-state index contributed by atoms with van der Waals surface area (Å²) in [7, 11) is 1.46. The van der Waals surface area contributed by atoms with Crippen molar-refractivity contribution in [3.63, 3.8) is 0 Å². The van der Waals surface area contributed by atoms with Crippen LogP contribution >= 0.6 is 0 Å². The summed E-state index contributed by atoms with van der Waals surface area (Å²) in [6, 6.07) is 3.35. The van der Waals surface area contributed by atoms with E-state index in [1.807, 2.05) is 0 Å². The van der Waals surface area contributed by atoms with Crippen LogP contribution in [0.3, 0.4) is 0 Å². The van der Waals surface area contributed by atoms with E-state index in [-0.39, 0.29) is 12.3 Å². The molecule has 0 aliphatic carbocycles. The summed E-state index contributed by atoms with van der Waals surface area (Å²) >= 11 is 0. The number of nitrogens with zero attached hydrogens (tertiary/aromatic N) is 4. The van der Waals surface area contributed by atoms with Crippen LogP contribution in [0.1, 0.15) is 12.5 Å². The summed E-state index contributed by atoms with van der Waals surface area (Å²) in [5, 5.41) is 3.30. The molecule has 0 radical (unpaired) electrons. The average molecular weight is 248 g/mol. The largest absolute Gasteiger partial charge is 0.481 e. The molecular formula is C11H12N4O3. The number of methoxy groups -OCH3 is 1. The first kappa shape index (κ1) is 13.5. The molecule has 0 aliphatic heterocycles. The number of aromatic nitrogens is 1. The molecule has 0 fully saturated rings. The predicted octanol–water partition coefficient (Wildman–Crippen LogP) is 2.30. The first-order valence-electron chi connectivity index (χ1n) is 5.15. The van der Waals surface area contributed by atoms with E-state index in [2.05, 4.69) is 15.0 Å². The minimum Gasteiger partial charge on any atom is -0.481 e. The zero-order chi connectivity index (χ0) is 13.4. The van der Waals surface area contributed by atoms with Crippen LogP contribution in [0.15, 0.2) is 29.1 Å². The van der Waals surface area contributed by atoms with E-state index in [9.17, 15) is 4.79 Å². The van der Waals surface area contributed by atoms with E-state index < -0.39 is 5.97 Å². The van der Waals surface area contributed by atoms with Gasteiger partial charge >= 0.3 is 5.97 Å². The SMILES string of the molecule is CCOC(=O)/C(=C/c1cccnc1OC)N=[N+]=[N-]. The van der Waals surface area contributed by atoms with Gasteiger partial charge in [0.05, 0.1) is 13.7 Å². The molecule has 7 heteroatoms. The van der Waals surface area contributed by atoms with Crippen molar-refractivity contribution in [1.29, 1.82) is 0 Å². The van der Waals surface area contributed by atoms with Crippen molar-refractivity contribution in [2.45, 2.75) is 6.92 Å². The molecule has 0 bridgehead atoms. The lowest BCUT2D eigenvalue weighted by Crippen LogP contribution is -2.05. The molecule has 0 aromatic carbocycles. The fourth-order valence-electron chi connectivity index (χ4n) is 1.21. The summed E-state index contributed by atoms with van der Waals surface area (Å²) in [5.41, 5.74) is 8.80. The van der Waals surface area contributed by atoms with Crippen molar-refractivity contribution in [3.05, 3.63) is 40.0 Å². The third-order valence-corrected chi connectivity index (χ3v) is 1.92. The number of carbonyl (C=O) groups is 1. The zero-order valence-electron chi connectivity index (χ0n) is 10.0. The Bertz CT molecular complexity index is 507. The number of ether oxygens (including phenoxy) is 2. The molecule has 18 heavy (non-hydrogen) atoms. The lowest BCUT2D eigenvalue weighted by Gasteiger charge is -2.04. The van der Waals surface area contributed by atoms with Crippen LogP contribution in [-0.4, -0.2) is 24.7 Å². The Morgan fingerprint density at radius 1 is 1.67 bits per heavy atom. The Balaban J connectivity index is 3.15. The van der Waals surface area contributed by atoms with Crippen LogP contribution in [0.4, 0.5) is 0 Å². The van der Waals surface area contributed by atoms with Gasteiger partial charge in [-0.3, -0.25) is 0 Å². The number of carbonyl (C=O) groups excluding carboxylic acids is 1. The van der Waals surface area contributed by atoms with E-state index >= 15 is 0 Å². The zero-order valence-corrected chi connectivity index (χ0v) is 10.0. The summed E-state index contributed by atoms with van der Waals surface area (Å²) in [5.74, 6) is -0.367. The van der Waals surface area contributed by atoms with Crippen LogP contribution in [0.2, 0.25) is 0 Å². The highest BCUT2D eigenvalue weighted by molar-refractivity contribution is 5.93. The number of hydrogen-bond donors (Lipinski definition) is 0. The van der Waals surface area contributed by atoms with E-state index in [1.54, 1.807) is 25.3 Å². The molecule has 7 nitrogen and oxygen atoms in total. The number of azide groups is 1. The van der Waals surface area contributed by atoms with Crippen molar-refractivity contribution in [1.82, 2.24) is 4.98 Å². The minimum absolute atomic E-state index is 0.148. The Labute approximate surface area is 104 Å². The molecular weight excluding hydrogens is 236 g/mol. The maximum absolute atomic E-state index is 11.5. The van der Waals surface area contributed by atoms with E-state index in [1.165, 1.54) is 13.2 Å². The van der Waals surface area contributed by atoms with Crippen molar-refractivity contribution in [2.24, 2.45) is 5.11 Å². The molecule has 0 unspecified atom stereocenters. The maximum atomic E-state index is 11.5. The number of esters is 1. The van der Waals surface area contributed by atoms with E-state index in [0.29, 0.717) is 11.4 Å². The molecule has 0 saturated heterocycles. The van der Waals surface area contributed by atoms with Gasteiger partial charge in [0.25, 0.3) is 0 Å². The van der Waals surface area contributed by atoms with Gasteiger partial charge in [-0.1, -0.05) is 5.11 Å². The Kier molecular flexibility index (Phi) is 5.21. The molecule has 0 atom stereocenters. The van der Waals surface area contributed by atoms with Crippen LogP contribution in [0.25, 0.3) is 16.5 Å². The Hall–Kier alpha value is -2.53. The molecule has 0 saturated carbocycles. The third kappa shape index (κ3) is 3.50. The monoisotopic (exact) mass is 248 g/mol. The van der Waals surface area contributed by atoms with Gasteiger partial charge in [0.1, 0.15) is 5.70 Å². The lowest BCUT2D eigenvalue weighted by atomic mass is 10.2. The molecule has 1 aromatic heterocycles. The summed E-state index contributed by atoms with van der Waals surface area (Å²) in [4.78, 5) is 18.1. The fraction of sp³-hybridized carbons (Fsp3) is 0.273. The fourth-order valence-corrected chi connectivity index (χ4v) is 1.21. The van der Waals surface area contributed by atoms with Crippen LogP contribution in [0, 0.1) is 0 Å². The summed E-state index contributed by atoms with van der Waals surface area (Å²) in [6.07, 6.45) is 2.91. The van der Waals surface area contributed by atoms with Crippen LogP contribution in [0.5, 0.6) is 5.88 Å². The first-order valence-corrected chi connectivity index (χ1v) is 5.15. The first-order chi connectivity index (χ1) is 8.72. The van der Waals surface area contributed by atoms with Crippen LogP contribution in [-0.2, 0) is 9.53 Å². The highest BCUT2D eigenvalue weighted by Gasteiger charge is 2.10. The third-order valence-electron chi connectivity index (χ3n) is 1.92. The maximum Gasteiger partial charge on any atom is 0.340 e. The molecule has 0 amide bonds. The number of hydrogen-bond acceptors (Lipinski definition) is 5. The van der Waals surface area contributed by atoms with Gasteiger partial charge in [-0.2, -0.15) is 0 Å². The number of pyridine rings is 1. The van der Waals surface area contributed by atoms with Crippen molar-refractivity contribution < 1.29 is 14.3 Å². The molecule has 0 N–H and O–H groups in total.